The van der Waals surface area contributed by atoms with E-state index in [9.17, 15) is 4.79 Å². The lowest BCUT2D eigenvalue weighted by Crippen LogP contribution is -2.46. The molecule has 0 spiro atoms. The van der Waals surface area contributed by atoms with Crippen LogP contribution in [-0.2, 0) is 15.6 Å². The third kappa shape index (κ3) is 2.44. The summed E-state index contributed by atoms with van der Waals surface area (Å²) in [6.45, 7) is 12.5. The van der Waals surface area contributed by atoms with Gasteiger partial charge in [0, 0.05) is 5.70 Å². The zero-order valence-electron chi connectivity index (χ0n) is 12.3. The molecule has 1 heterocycles. The summed E-state index contributed by atoms with van der Waals surface area (Å²) in [6.07, 6.45) is 1.67. The summed E-state index contributed by atoms with van der Waals surface area (Å²) in [5, 5.41) is 2.91. The van der Waals surface area contributed by atoms with Crippen molar-refractivity contribution in [3.8, 4) is 0 Å². The van der Waals surface area contributed by atoms with Crippen LogP contribution in [0.15, 0.2) is 36.5 Å². The molecule has 2 heteroatoms. The molecule has 1 aliphatic rings. The van der Waals surface area contributed by atoms with Crippen LogP contribution in [0.5, 0.6) is 0 Å². The van der Waals surface area contributed by atoms with Crippen LogP contribution >= 0.6 is 0 Å². The molecule has 0 aliphatic carbocycles. The second-order valence-electron chi connectivity index (χ2n) is 6.69. The third-order valence-corrected chi connectivity index (χ3v) is 4.05. The lowest BCUT2D eigenvalue weighted by molar-refractivity contribution is -0.126. The van der Waals surface area contributed by atoms with Gasteiger partial charge in [-0.15, -0.1) is 0 Å². The van der Waals surface area contributed by atoms with Gasteiger partial charge in [0.2, 0.25) is 5.91 Å². The number of rotatable bonds is 1. The van der Waals surface area contributed by atoms with Crippen molar-refractivity contribution >= 4 is 5.91 Å². The minimum Gasteiger partial charge on any atom is -0.330 e. The molecule has 1 fully saturated rings. The van der Waals surface area contributed by atoms with Gasteiger partial charge in [0.15, 0.2) is 0 Å². The first-order valence-corrected chi connectivity index (χ1v) is 6.84. The van der Waals surface area contributed by atoms with Crippen molar-refractivity contribution < 1.29 is 4.79 Å². The summed E-state index contributed by atoms with van der Waals surface area (Å²) >= 11 is 0. The minimum atomic E-state index is -0.453. The quantitative estimate of drug-likeness (QED) is 0.817. The maximum Gasteiger partial charge on any atom is 0.234 e. The number of piperidine rings is 1. The third-order valence-electron chi connectivity index (χ3n) is 4.05. The lowest BCUT2D eigenvalue weighted by atomic mass is 9.69. The summed E-state index contributed by atoms with van der Waals surface area (Å²) in [7, 11) is 0. The average molecular weight is 257 g/mol. The average Bonchev–Trinajstić information content (AvgIpc) is 2.33. The van der Waals surface area contributed by atoms with Gasteiger partial charge in [-0.1, -0.05) is 51.6 Å². The van der Waals surface area contributed by atoms with E-state index in [-0.39, 0.29) is 11.3 Å². The van der Waals surface area contributed by atoms with Crippen LogP contribution in [0.25, 0.3) is 0 Å². The van der Waals surface area contributed by atoms with Gasteiger partial charge < -0.3 is 5.32 Å². The standard InChI is InChI=1S/C17H23NO/c1-12-10-11-17(5,15(19)18-12)14-9-7-6-8-13(14)16(2,3)4/h6-9H,1,10-11H2,2-5H3,(H,18,19). The molecule has 102 valence electrons. The molecule has 0 saturated carbocycles. The number of nitrogens with one attached hydrogen (secondary N) is 1. The van der Waals surface area contributed by atoms with E-state index in [1.807, 2.05) is 19.1 Å². The molecule has 1 aromatic rings. The molecule has 0 aromatic heterocycles. The molecule has 1 amide bonds. The molecule has 1 saturated heterocycles. The van der Waals surface area contributed by atoms with Crippen molar-refractivity contribution in [3.63, 3.8) is 0 Å². The Morgan fingerprint density at radius 1 is 1.26 bits per heavy atom. The molecule has 1 atom stereocenters. The van der Waals surface area contributed by atoms with Gasteiger partial charge >= 0.3 is 0 Å². The van der Waals surface area contributed by atoms with E-state index in [1.54, 1.807) is 0 Å². The largest absolute Gasteiger partial charge is 0.330 e. The normalized spacial score (nSPS) is 24.2. The Kier molecular flexibility index (Phi) is 3.29. The first-order chi connectivity index (χ1) is 8.75. The summed E-state index contributed by atoms with van der Waals surface area (Å²) in [5.41, 5.74) is 2.81. The Bertz CT molecular complexity index is 524. The molecule has 1 aliphatic heterocycles. The summed E-state index contributed by atoms with van der Waals surface area (Å²) in [6, 6.07) is 8.30. The van der Waals surface area contributed by atoms with E-state index >= 15 is 0 Å². The van der Waals surface area contributed by atoms with Gasteiger partial charge in [0.1, 0.15) is 0 Å². The van der Waals surface area contributed by atoms with Crippen LogP contribution in [0.3, 0.4) is 0 Å². The van der Waals surface area contributed by atoms with Crippen molar-refractivity contribution in [2.24, 2.45) is 0 Å². The SMILES string of the molecule is C=C1CCC(C)(c2ccccc2C(C)(C)C)C(=O)N1. The van der Waals surface area contributed by atoms with Gasteiger partial charge in [-0.25, -0.2) is 0 Å². The number of hydrogen-bond acceptors (Lipinski definition) is 1. The highest BCUT2D eigenvalue weighted by molar-refractivity contribution is 5.90. The van der Waals surface area contributed by atoms with Crippen molar-refractivity contribution in [3.05, 3.63) is 47.7 Å². The van der Waals surface area contributed by atoms with Crippen LogP contribution < -0.4 is 5.32 Å². The van der Waals surface area contributed by atoms with E-state index in [4.69, 9.17) is 0 Å². The summed E-state index contributed by atoms with van der Waals surface area (Å²) < 4.78 is 0. The first kappa shape index (κ1) is 13.9. The number of allylic oxidation sites excluding steroid dienone is 1. The highest BCUT2D eigenvalue weighted by Gasteiger charge is 2.40. The smallest absolute Gasteiger partial charge is 0.234 e. The molecular formula is C17H23NO. The molecule has 2 rings (SSSR count). The van der Waals surface area contributed by atoms with Crippen molar-refractivity contribution in [2.45, 2.75) is 51.4 Å². The maximum atomic E-state index is 12.4. The highest BCUT2D eigenvalue weighted by Crippen LogP contribution is 2.39. The molecule has 2 nitrogen and oxygen atoms in total. The van der Waals surface area contributed by atoms with Crippen LogP contribution in [0, 0.1) is 0 Å². The number of hydrogen-bond donors (Lipinski definition) is 1. The van der Waals surface area contributed by atoms with E-state index in [2.05, 4.69) is 44.8 Å². The second kappa shape index (κ2) is 4.52. The van der Waals surface area contributed by atoms with Crippen LogP contribution in [-0.4, -0.2) is 5.91 Å². The maximum absolute atomic E-state index is 12.4. The number of carbonyl (C=O) groups excluding carboxylic acids is 1. The summed E-state index contributed by atoms with van der Waals surface area (Å²) in [4.78, 5) is 12.4. The lowest BCUT2D eigenvalue weighted by Gasteiger charge is -2.37. The highest BCUT2D eigenvalue weighted by atomic mass is 16.2. The molecule has 1 unspecified atom stereocenters. The van der Waals surface area contributed by atoms with Gasteiger partial charge in [-0.3, -0.25) is 4.79 Å². The van der Waals surface area contributed by atoms with E-state index in [0.29, 0.717) is 0 Å². The van der Waals surface area contributed by atoms with Gasteiger partial charge in [0.05, 0.1) is 5.41 Å². The van der Waals surface area contributed by atoms with Crippen molar-refractivity contribution in [1.29, 1.82) is 0 Å². The molecule has 1 aromatic carbocycles. The predicted molar refractivity (Wildman–Crippen MR) is 79.0 cm³/mol. The monoisotopic (exact) mass is 257 g/mol. The Hall–Kier alpha value is -1.57. The Morgan fingerprint density at radius 3 is 2.47 bits per heavy atom. The van der Waals surface area contributed by atoms with E-state index < -0.39 is 5.41 Å². The molecule has 1 N–H and O–H groups in total. The Labute approximate surface area is 115 Å². The number of carbonyl (C=O) groups is 1. The zero-order valence-corrected chi connectivity index (χ0v) is 12.3. The fourth-order valence-corrected chi connectivity index (χ4v) is 2.75. The zero-order chi connectivity index (χ0) is 14.3. The van der Waals surface area contributed by atoms with Crippen LogP contribution in [0.2, 0.25) is 0 Å². The van der Waals surface area contributed by atoms with E-state index in [0.717, 1.165) is 24.1 Å². The van der Waals surface area contributed by atoms with Crippen molar-refractivity contribution in [2.75, 3.05) is 0 Å². The second-order valence-corrected chi connectivity index (χ2v) is 6.69. The molecule has 0 bridgehead atoms. The van der Waals surface area contributed by atoms with Crippen LogP contribution in [0.4, 0.5) is 0 Å². The summed E-state index contributed by atoms with van der Waals surface area (Å²) in [5.74, 6) is 0.0699. The number of amides is 1. The minimum absolute atomic E-state index is 0.0361. The van der Waals surface area contributed by atoms with Gasteiger partial charge in [0.25, 0.3) is 0 Å². The number of benzene rings is 1. The van der Waals surface area contributed by atoms with Gasteiger partial charge in [-0.2, -0.15) is 0 Å². The Balaban J connectivity index is 2.53. The fraction of sp³-hybridized carbons (Fsp3) is 0.471. The van der Waals surface area contributed by atoms with Crippen LogP contribution in [0.1, 0.15) is 51.7 Å². The topological polar surface area (TPSA) is 29.1 Å². The Morgan fingerprint density at radius 2 is 1.89 bits per heavy atom. The first-order valence-electron chi connectivity index (χ1n) is 6.84. The molecule has 0 radical (unpaired) electrons. The van der Waals surface area contributed by atoms with Gasteiger partial charge in [-0.05, 0) is 36.3 Å². The predicted octanol–water partition coefficient (Wildman–Crippen LogP) is 3.67. The van der Waals surface area contributed by atoms with E-state index in [1.165, 1.54) is 5.56 Å². The molecular weight excluding hydrogens is 234 g/mol. The molecule has 19 heavy (non-hydrogen) atoms. The van der Waals surface area contributed by atoms with Crippen molar-refractivity contribution in [1.82, 2.24) is 5.32 Å². The fourth-order valence-electron chi connectivity index (χ4n) is 2.75.